The molecular weight excluding hydrogens is 539 g/mol. The Morgan fingerprint density at radius 3 is 2.02 bits per heavy atom. The molecule has 1 fully saturated rings. The highest BCUT2D eigenvalue weighted by Gasteiger charge is 2.41. The lowest BCUT2D eigenvalue weighted by Crippen LogP contribution is -2.52. The Morgan fingerprint density at radius 2 is 1.54 bits per heavy atom. The number of hydrogen-bond acceptors (Lipinski definition) is 7. The van der Waals surface area contributed by atoms with Crippen LogP contribution in [0.5, 0.6) is 5.75 Å². The fourth-order valence-electron chi connectivity index (χ4n) is 4.63. The van der Waals surface area contributed by atoms with Crippen molar-refractivity contribution in [3.05, 3.63) is 65.5 Å². The summed E-state index contributed by atoms with van der Waals surface area (Å²) < 4.78 is 19.2. The number of nitrogens with one attached hydrogen (secondary N) is 1. The number of amides is 1. The molecule has 0 spiro atoms. The van der Waals surface area contributed by atoms with Crippen LogP contribution >= 0.6 is 0 Å². The highest BCUT2D eigenvalue weighted by Crippen LogP contribution is 2.34. The number of carboxylic acid groups (broad SMARTS) is 3. The van der Waals surface area contributed by atoms with Gasteiger partial charge in [0.05, 0.1) is 25.0 Å². The minimum Gasteiger partial charge on any atom is -0.493 e. The number of hydrogen-bond donors (Lipinski definition) is 5. The number of benzene rings is 2. The smallest absolute Gasteiger partial charge is 0.336 e. The van der Waals surface area contributed by atoms with Crippen molar-refractivity contribution in [2.45, 2.75) is 63.6 Å². The van der Waals surface area contributed by atoms with E-state index in [1.54, 1.807) is 19.1 Å². The second-order valence-electron chi connectivity index (χ2n) is 9.98. The summed E-state index contributed by atoms with van der Waals surface area (Å²) >= 11 is 0. The van der Waals surface area contributed by atoms with Gasteiger partial charge in [-0.05, 0) is 43.0 Å². The van der Waals surface area contributed by atoms with Gasteiger partial charge in [-0.1, -0.05) is 37.3 Å². The summed E-state index contributed by atoms with van der Waals surface area (Å²) in [6, 6.07) is 14.7. The molecule has 0 unspecified atom stereocenters. The van der Waals surface area contributed by atoms with E-state index in [4.69, 9.17) is 25.2 Å². The zero-order valence-corrected chi connectivity index (χ0v) is 23.1. The van der Waals surface area contributed by atoms with E-state index in [1.165, 1.54) is 17.7 Å². The Bertz CT molecular complexity index is 1180. The van der Waals surface area contributed by atoms with Crippen LogP contribution in [-0.4, -0.2) is 74.4 Å². The summed E-state index contributed by atoms with van der Waals surface area (Å²) in [5.41, 5.74) is -1.02. The SMILES string of the molecule is CCCOc1ccccc1CN1CCC(NC(C)=O)(c2ccc(F)cc2)CC1.O=C(O)CC(O)(CC(=O)O)C(=O)O. The lowest BCUT2D eigenvalue weighted by Gasteiger charge is -2.42. The molecule has 2 aromatic rings. The summed E-state index contributed by atoms with van der Waals surface area (Å²) in [6.45, 7) is 6.87. The third-order valence-electron chi connectivity index (χ3n) is 6.64. The van der Waals surface area contributed by atoms with Gasteiger partial charge in [-0.15, -0.1) is 0 Å². The molecule has 5 N–H and O–H groups in total. The Hall–Kier alpha value is -4.03. The number of likely N-dealkylation sites (tertiary alicyclic amines) is 1. The van der Waals surface area contributed by atoms with Crippen molar-refractivity contribution in [2.24, 2.45) is 0 Å². The number of piperidine rings is 1. The molecule has 3 rings (SSSR count). The van der Waals surface area contributed by atoms with Gasteiger partial charge in [-0.3, -0.25) is 19.3 Å². The van der Waals surface area contributed by atoms with Crippen LogP contribution in [-0.2, 0) is 31.3 Å². The Balaban J connectivity index is 0.000000383. The first-order valence-electron chi connectivity index (χ1n) is 13.2. The molecule has 0 aromatic heterocycles. The molecule has 1 aliphatic rings. The van der Waals surface area contributed by atoms with Crippen LogP contribution in [0.25, 0.3) is 0 Å². The lowest BCUT2D eigenvalue weighted by molar-refractivity contribution is -0.170. The molecule has 41 heavy (non-hydrogen) atoms. The number of aliphatic carboxylic acids is 3. The van der Waals surface area contributed by atoms with Crippen LogP contribution in [0.3, 0.4) is 0 Å². The molecule has 224 valence electrons. The summed E-state index contributed by atoms with van der Waals surface area (Å²) in [5, 5.41) is 37.0. The molecule has 1 heterocycles. The lowest BCUT2D eigenvalue weighted by atomic mass is 9.80. The molecule has 0 radical (unpaired) electrons. The molecule has 1 aliphatic heterocycles. The molecule has 12 heteroatoms. The molecule has 2 aromatic carbocycles. The number of rotatable bonds is 12. The molecular formula is C29H37FN2O9. The largest absolute Gasteiger partial charge is 0.493 e. The summed E-state index contributed by atoms with van der Waals surface area (Å²) in [5.74, 6) is -4.39. The maximum atomic E-state index is 13.4. The number of nitrogens with zero attached hydrogens (tertiary/aromatic N) is 1. The van der Waals surface area contributed by atoms with E-state index >= 15 is 0 Å². The summed E-state index contributed by atoms with van der Waals surface area (Å²) in [4.78, 5) is 44.7. The molecule has 0 saturated carbocycles. The van der Waals surface area contributed by atoms with Gasteiger partial charge in [0.25, 0.3) is 0 Å². The van der Waals surface area contributed by atoms with Crippen LogP contribution in [0.1, 0.15) is 57.1 Å². The van der Waals surface area contributed by atoms with Gasteiger partial charge >= 0.3 is 17.9 Å². The number of carbonyl (C=O) groups excluding carboxylic acids is 1. The molecule has 1 saturated heterocycles. The second kappa shape index (κ2) is 15.1. The number of para-hydroxylation sites is 1. The molecule has 1 amide bonds. The maximum absolute atomic E-state index is 13.4. The van der Waals surface area contributed by atoms with E-state index in [0.717, 1.165) is 50.2 Å². The molecule has 0 bridgehead atoms. The van der Waals surface area contributed by atoms with Gasteiger partial charge in [0.15, 0.2) is 5.60 Å². The predicted octanol–water partition coefficient (Wildman–Crippen LogP) is 2.99. The van der Waals surface area contributed by atoms with Crippen molar-refractivity contribution in [1.29, 1.82) is 0 Å². The van der Waals surface area contributed by atoms with Gasteiger partial charge in [-0.25, -0.2) is 9.18 Å². The van der Waals surface area contributed by atoms with Crippen LogP contribution < -0.4 is 10.1 Å². The van der Waals surface area contributed by atoms with Gasteiger partial charge in [0.2, 0.25) is 5.91 Å². The minimum atomic E-state index is -2.74. The van der Waals surface area contributed by atoms with Crippen molar-refractivity contribution in [1.82, 2.24) is 10.2 Å². The first-order chi connectivity index (χ1) is 19.3. The van der Waals surface area contributed by atoms with Crippen molar-refractivity contribution in [3.8, 4) is 5.75 Å². The number of carbonyl (C=O) groups is 4. The van der Waals surface area contributed by atoms with E-state index in [9.17, 15) is 23.6 Å². The first kappa shape index (κ1) is 33.2. The average Bonchev–Trinajstić information content (AvgIpc) is 2.89. The van der Waals surface area contributed by atoms with Crippen molar-refractivity contribution < 1.29 is 48.7 Å². The predicted molar refractivity (Wildman–Crippen MR) is 146 cm³/mol. The van der Waals surface area contributed by atoms with Crippen molar-refractivity contribution >= 4 is 23.8 Å². The molecule has 0 aliphatic carbocycles. The van der Waals surface area contributed by atoms with Gasteiger partial charge in [0.1, 0.15) is 11.6 Å². The second-order valence-corrected chi connectivity index (χ2v) is 9.98. The average molecular weight is 577 g/mol. The topological polar surface area (TPSA) is 174 Å². The third-order valence-corrected chi connectivity index (χ3v) is 6.64. The third kappa shape index (κ3) is 10.1. The van der Waals surface area contributed by atoms with E-state index < -0.39 is 41.9 Å². The highest BCUT2D eigenvalue weighted by molar-refractivity contribution is 5.88. The summed E-state index contributed by atoms with van der Waals surface area (Å²) in [7, 11) is 0. The zero-order chi connectivity index (χ0) is 30.6. The number of aliphatic hydroxyl groups is 1. The van der Waals surface area contributed by atoms with Crippen molar-refractivity contribution in [2.75, 3.05) is 19.7 Å². The molecule has 0 atom stereocenters. The number of ether oxygens (including phenoxy) is 1. The monoisotopic (exact) mass is 576 g/mol. The number of carboxylic acids is 3. The van der Waals surface area contributed by atoms with Gasteiger partial charge in [0, 0.05) is 32.1 Å². The van der Waals surface area contributed by atoms with Gasteiger partial charge < -0.3 is 30.5 Å². The quantitative estimate of drug-likeness (QED) is 0.253. The zero-order valence-electron chi connectivity index (χ0n) is 23.1. The Kier molecular flexibility index (Phi) is 12.2. The fourth-order valence-corrected chi connectivity index (χ4v) is 4.63. The Labute approximate surface area is 237 Å². The van der Waals surface area contributed by atoms with Crippen LogP contribution in [0.15, 0.2) is 48.5 Å². The number of halogens is 1. The van der Waals surface area contributed by atoms with E-state index in [2.05, 4.69) is 23.2 Å². The molecule has 11 nitrogen and oxygen atoms in total. The first-order valence-corrected chi connectivity index (χ1v) is 13.2. The van der Waals surface area contributed by atoms with Crippen molar-refractivity contribution in [3.63, 3.8) is 0 Å². The standard InChI is InChI=1S/C23H29FN2O2.C6H8O7/c1-3-16-28-22-7-5-4-6-19(22)17-26-14-12-23(13-15-26,25-18(2)27)20-8-10-21(24)11-9-20;7-3(8)1-6(13,5(11)12)2-4(9)10/h4-11H,3,12-17H2,1-2H3,(H,25,27);13H,1-2H2,(H,7,8)(H,9,10)(H,11,12). The maximum Gasteiger partial charge on any atom is 0.336 e. The fraction of sp³-hybridized carbons (Fsp3) is 0.448. The Morgan fingerprint density at radius 1 is 0.976 bits per heavy atom. The highest BCUT2D eigenvalue weighted by atomic mass is 19.1. The van der Waals surface area contributed by atoms with Crippen LogP contribution in [0.4, 0.5) is 4.39 Å². The van der Waals surface area contributed by atoms with E-state index in [0.29, 0.717) is 6.61 Å². The van der Waals surface area contributed by atoms with E-state index in [-0.39, 0.29) is 11.7 Å². The normalized spacial score (nSPS) is 14.7. The van der Waals surface area contributed by atoms with Crippen LogP contribution in [0, 0.1) is 5.82 Å². The van der Waals surface area contributed by atoms with Gasteiger partial charge in [-0.2, -0.15) is 0 Å². The minimum absolute atomic E-state index is 0.0592. The van der Waals surface area contributed by atoms with E-state index in [1.807, 2.05) is 18.2 Å². The summed E-state index contributed by atoms with van der Waals surface area (Å²) in [6.07, 6.45) is 0.268. The van der Waals surface area contributed by atoms with Crippen LogP contribution in [0.2, 0.25) is 0 Å².